The van der Waals surface area contributed by atoms with Crippen LogP contribution in [0.15, 0.2) is 189 Å². The minimum absolute atomic E-state index is 0.639. The van der Waals surface area contributed by atoms with Crippen LogP contribution in [0.4, 0.5) is 17.1 Å². The van der Waals surface area contributed by atoms with E-state index < -0.39 is 0 Å². The van der Waals surface area contributed by atoms with Gasteiger partial charge in [-0.15, -0.1) is 0 Å². The maximum absolute atomic E-state index is 4.37. The van der Waals surface area contributed by atoms with Gasteiger partial charge in [-0.2, -0.15) is 0 Å². The van der Waals surface area contributed by atoms with Gasteiger partial charge in [0, 0.05) is 68.7 Å². The molecule has 0 aliphatic carbocycles. The molecule has 0 fully saturated rings. The predicted octanol–water partition coefficient (Wildman–Crippen LogP) is 11.1. The monoisotopic (exact) mass is 681 g/mol. The molecule has 0 aliphatic rings. The molecule has 10 aromatic rings. The van der Waals surface area contributed by atoms with Crippen LogP contribution >= 0.6 is 0 Å². The average molecular weight is 682 g/mol. The number of para-hydroxylation sites is 2. The lowest BCUT2D eigenvalue weighted by molar-refractivity contribution is 1.06. The van der Waals surface area contributed by atoms with Gasteiger partial charge in [0.1, 0.15) is 12.7 Å². The van der Waals surface area contributed by atoms with E-state index in [1.807, 2.05) is 12.3 Å². The van der Waals surface area contributed by atoms with Crippen molar-refractivity contribution in [2.75, 3.05) is 4.90 Å². The van der Waals surface area contributed by atoms with Gasteiger partial charge < -0.3 is 14.0 Å². The maximum Gasteiger partial charge on any atom is 0.162 e. The Bertz CT molecular complexity index is 2770. The Morgan fingerprint density at radius 1 is 0.472 bits per heavy atom. The minimum Gasteiger partial charge on any atom is -0.315 e. The molecule has 0 atom stereocenters. The molecule has 0 unspecified atom stereocenters. The van der Waals surface area contributed by atoms with Gasteiger partial charge in [-0.05, 0) is 102 Å². The number of fused-ring (bicyclic) bond motifs is 5. The zero-order valence-corrected chi connectivity index (χ0v) is 28.5. The Hall–Kier alpha value is -7.38. The van der Waals surface area contributed by atoms with Crippen LogP contribution < -0.4 is 4.90 Å². The topological polar surface area (TPSA) is 64.7 Å². The van der Waals surface area contributed by atoms with Crippen molar-refractivity contribution >= 4 is 49.8 Å². The molecule has 7 nitrogen and oxygen atoms in total. The quantitative estimate of drug-likeness (QED) is 0.167. The fourth-order valence-corrected chi connectivity index (χ4v) is 7.43. The number of aromatic nitrogens is 6. The first-order chi connectivity index (χ1) is 26.3. The molecule has 10 rings (SSSR count). The third kappa shape index (κ3) is 5.30. The SMILES string of the molecule is c1ccc(-n2ccc3ccc4c5cc(N(c6ccc(-c7cccnc7)cc6)c6ccc(-c7ncncn7)cc6)ccc5n(-c5ccccc5)c4c32)cc1. The van der Waals surface area contributed by atoms with Gasteiger partial charge in [0.25, 0.3) is 0 Å². The van der Waals surface area contributed by atoms with E-state index in [1.54, 1.807) is 6.20 Å². The van der Waals surface area contributed by atoms with Crippen molar-refractivity contribution < 1.29 is 0 Å². The Kier molecular flexibility index (Phi) is 7.32. The number of hydrogen-bond donors (Lipinski definition) is 0. The van der Waals surface area contributed by atoms with Gasteiger partial charge >= 0.3 is 0 Å². The molecule has 250 valence electrons. The van der Waals surface area contributed by atoms with E-state index in [1.165, 1.54) is 39.8 Å². The summed E-state index contributed by atoms with van der Waals surface area (Å²) in [6.45, 7) is 0. The molecular formula is C46H31N7. The fourth-order valence-electron chi connectivity index (χ4n) is 7.43. The lowest BCUT2D eigenvalue weighted by atomic mass is 10.1. The third-order valence-corrected chi connectivity index (χ3v) is 9.87. The predicted molar refractivity (Wildman–Crippen MR) is 214 cm³/mol. The fraction of sp³-hybridized carbons (Fsp3) is 0. The van der Waals surface area contributed by atoms with Gasteiger partial charge in [0.05, 0.1) is 16.6 Å². The molecule has 7 heteroatoms. The third-order valence-electron chi connectivity index (χ3n) is 9.87. The molecule has 0 saturated heterocycles. The molecule has 0 saturated carbocycles. The van der Waals surface area contributed by atoms with Crippen LogP contribution in [-0.2, 0) is 0 Å². The number of nitrogens with zero attached hydrogens (tertiary/aromatic N) is 7. The molecule has 0 radical (unpaired) electrons. The van der Waals surface area contributed by atoms with Crippen molar-refractivity contribution in [3.05, 3.63) is 189 Å². The number of rotatable bonds is 7. The van der Waals surface area contributed by atoms with E-state index in [-0.39, 0.29) is 0 Å². The van der Waals surface area contributed by atoms with Crippen LogP contribution in [0.3, 0.4) is 0 Å². The highest BCUT2D eigenvalue weighted by Gasteiger charge is 2.21. The minimum atomic E-state index is 0.639. The van der Waals surface area contributed by atoms with Crippen LogP contribution in [-0.4, -0.2) is 29.1 Å². The highest BCUT2D eigenvalue weighted by molar-refractivity contribution is 6.19. The summed E-state index contributed by atoms with van der Waals surface area (Å²) in [6, 6.07) is 55.9. The van der Waals surface area contributed by atoms with E-state index in [4.69, 9.17) is 0 Å². The van der Waals surface area contributed by atoms with Crippen molar-refractivity contribution in [1.82, 2.24) is 29.1 Å². The Balaban J connectivity index is 1.19. The number of benzene rings is 6. The Morgan fingerprint density at radius 3 is 1.85 bits per heavy atom. The van der Waals surface area contributed by atoms with Crippen molar-refractivity contribution in [1.29, 1.82) is 0 Å². The van der Waals surface area contributed by atoms with E-state index in [0.717, 1.165) is 50.6 Å². The highest BCUT2D eigenvalue weighted by Crippen LogP contribution is 2.42. The number of hydrogen-bond acceptors (Lipinski definition) is 5. The molecule has 53 heavy (non-hydrogen) atoms. The van der Waals surface area contributed by atoms with Gasteiger partial charge in [0.15, 0.2) is 5.82 Å². The van der Waals surface area contributed by atoms with Gasteiger partial charge in [0.2, 0.25) is 0 Å². The van der Waals surface area contributed by atoms with Gasteiger partial charge in [-0.25, -0.2) is 15.0 Å². The second-order valence-corrected chi connectivity index (χ2v) is 12.9. The van der Waals surface area contributed by atoms with Crippen molar-refractivity contribution in [3.8, 4) is 33.9 Å². The van der Waals surface area contributed by atoms with Crippen LogP contribution in [0, 0.1) is 0 Å². The van der Waals surface area contributed by atoms with Gasteiger partial charge in [-0.1, -0.05) is 66.7 Å². The second kappa shape index (κ2) is 12.7. The molecular weight excluding hydrogens is 651 g/mol. The molecule has 6 aromatic carbocycles. The number of anilines is 3. The summed E-state index contributed by atoms with van der Waals surface area (Å²) in [4.78, 5) is 19.4. The molecule has 0 N–H and O–H groups in total. The van der Waals surface area contributed by atoms with E-state index in [2.05, 4.69) is 192 Å². The first kappa shape index (κ1) is 30.4. The Morgan fingerprint density at radius 2 is 1.15 bits per heavy atom. The zero-order valence-electron chi connectivity index (χ0n) is 28.5. The maximum atomic E-state index is 4.37. The summed E-state index contributed by atoms with van der Waals surface area (Å²) in [7, 11) is 0. The van der Waals surface area contributed by atoms with Crippen molar-refractivity contribution in [2.45, 2.75) is 0 Å². The van der Waals surface area contributed by atoms with Crippen molar-refractivity contribution in [3.63, 3.8) is 0 Å². The summed E-state index contributed by atoms with van der Waals surface area (Å²) >= 11 is 0. The smallest absolute Gasteiger partial charge is 0.162 e. The molecule has 0 amide bonds. The summed E-state index contributed by atoms with van der Waals surface area (Å²) < 4.78 is 4.72. The molecule has 0 aliphatic heterocycles. The Labute approximate surface area is 305 Å². The van der Waals surface area contributed by atoms with Crippen LogP contribution in [0.5, 0.6) is 0 Å². The largest absolute Gasteiger partial charge is 0.315 e. The summed E-state index contributed by atoms with van der Waals surface area (Å²) in [5.74, 6) is 0.639. The number of pyridine rings is 1. The lowest BCUT2D eigenvalue weighted by Gasteiger charge is -2.26. The molecule has 4 aromatic heterocycles. The summed E-state index contributed by atoms with van der Waals surface area (Å²) in [5, 5.41) is 3.55. The van der Waals surface area contributed by atoms with Crippen LogP contribution in [0.1, 0.15) is 0 Å². The molecule has 0 spiro atoms. The second-order valence-electron chi connectivity index (χ2n) is 12.9. The van der Waals surface area contributed by atoms with E-state index >= 15 is 0 Å². The van der Waals surface area contributed by atoms with Gasteiger partial charge in [-0.3, -0.25) is 4.98 Å². The summed E-state index contributed by atoms with van der Waals surface area (Å²) in [5.41, 5.74) is 11.9. The standard InChI is InChI=1S/C46H31N7/c1-3-9-36(10-4-1)51-27-25-33-17-23-41-42-28-40(22-24-43(42)53(45(41)44(33)51)37-11-5-2-6-12-37)52(38-18-13-32(14-19-38)35-8-7-26-47-29-35)39-20-15-34(16-21-39)46-49-30-48-31-50-46/h1-31H. The van der Waals surface area contributed by atoms with Crippen molar-refractivity contribution in [2.24, 2.45) is 0 Å². The highest BCUT2D eigenvalue weighted by atomic mass is 15.1. The van der Waals surface area contributed by atoms with Crippen LogP contribution in [0.2, 0.25) is 0 Å². The normalized spacial score (nSPS) is 11.4. The van der Waals surface area contributed by atoms with E-state index in [0.29, 0.717) is 5.82 Å². The average Bonchev–Trinajstić information content (AvgIpc) is 3.82. The summed E-state index contributed by atoms with van der Waals surface area (Å²) in [6.07, 6.45) is 8.93. The first-order valence-corrected chi connectivity index (χ1v) is 17.5. The molecule has 0 bridgehead atoms. The van der Waals surface area contributed by atoms with Crippen LogP contribution in [0.25, 0.3) is 66.6 Å². The first-order valence-electron chi connectivity index (χ1n) is 17.5. The molecule has 4 heterocycles. The zero-order chi connectivity index (χ0) is 35.1. The lowest BCUT2D eigenvalue weighted by Crippen LogP contribution is -2.10. The van der Waals surface area contributed by atoms with E-state index in [9.17, 15) is 0 Å².